The van der Waals surface area contributed by atoms with E-state index in [1.165, 1.54) is 0 Å². The number of hydrogen-bond donors (Lipinski definition) is 0. The van der Waals surface area contributed by atoms with Crippen molar-refractivity contribution in [2.45, 2.75) is 58.8 Å². The lowest BCUT2D eigenvalue weighted by Gasteiger charge is -2.18. The van der Waals surface area contributed by atoms with Crippen molar-refractivity contribution in [3.63, 3.8) is 0 Å². The summed E-state index contributed by atoms with van der Waals surface area (Å²) < 4.78 is 10.6. The fourth-order valence-electron chi connectivity index (χ4n) is 1.54. The van der Waals surface area contributed by atoms with Gasteiger partial charge in [-0.1, -0.05) is 11.6 Å². The molecule has 1 heterocycles. The first-order valence-corrected chi connectivity index (χ1v) is 5.21. The lowest BCUT2D eigenvalue weighted by Crippen LogP contribution is -2.29. The molecule has 1 rings (SSSR count). The standard InChI is InChI=1S/C12H20O3/c1-8(2)7-12(6)9(14-12)10(13)15-11(3,4)5/h7,9H,1-6H3/t9-,12-/m1/s1. The van der Waals surface area contributed by atoms with Gasteiger partial charge in [0.2, 0.25) is 0 Å². The fourth-order valence-corrected chi connectivity index (χ4v) is 1.54. The van der Waals surface area contributed by atoms with Gasteiger partial charge in [0.05, 0.1) is 0 Å². The minimum absolute atomic E-state index is 0.275. The number of carbonyl (C=O) groups is 1. The van der Waals surface area contributed by atoms with Crippen molar-refractivity contribution in [2.24, 2.45) is 0 Å². The van der Waals surface area contributed by atoms with Crippen LogP contribution in [0.2, 0.25) is 0 Å². The summed E-state index contributed by atoms with van der Waals surface area (Å²) in [5, 5.41) is 0. The van der Waals surface area contributed by atoms with Crippen LogP contribution in [-0.4, -0.2) is 23.3 Å². The molecule has 0 saturated carbocycles. The van der Waals surface area contributed by atoms with E-state index in [9.17, 15) is 4.79 Å². The summed E-state index contributed by atoms with van der Waals surface area (Å²) in [5.41, 5.74) is 0.236. The first kappa shape index (κ1) is 12.2. The highest BCUT2D eigenvalue weighted by Gasteiger charge is 2.57. The van der Waals surface area contributed by atoms with Crippen molar-refractivity contribution < 1.29 is 14.3 Å². The second-order valence-electron chi connectivity index (χ2n) is 5.44. The quantitative estimate of drug-likeness (QED) is 0.401. The third kappa shape index (κ3) is 3.34. The van der Waals surface area contributed by atoms with Crippen molar-refractivity contribution in [1.29, 1.82) is 0 Å². The molecule has 15 heavy (non-hydrogen) atoms. The van der Waals surface area contributed by atoms with Gasteiger partial charge in [0, 0.05) is 0 Å². The summed E-state index contributed by atoms with van der Waals surface area (Å²) in [5.74, 6) is -0.275. The maximum absolute atomic E-state index is 11.6. The molecule has 0 bridgehead atoms. The Bertz CT molecular complexity index is 294. The normalized spacial score (nSPS) is 29.6. The molecule has 0 radical (unpaired) electrons. The molecule has 0 N–H and O–H groups in total. The molecule has 0 spiro atoms. The Morgan fingerprint density at radius 1 is 1.40 bits per heavy atom. The van der Waals surface area contributed by atoms with Crippen LogP contribution in [0.5, 0.6) is 0 Å². The van der Waals surface area contributed by atoms with Crippen molar-refractivity contribution >= 4 is 5.97 Å². The van der Waals surface area contributed by atoms with Crippen LogP contribution in [0.15, 0.2) is 11.6 Å². The maximum atomic E-state index is 11.6. The van der Waals surface area contributed by atoms with E-state index in [0.717, 1.165) is 5.57 Å². The monoisotopic (exact) mass is 212 g/mol. The number of ether oxygens (including phenoxy) is 2. The zero-order chi connectivity index (χ0) is 11.9. The number of esters is 1. The Morgan fingerprint density at radius 3 is 2.33 bits per heavy atom. The largest absolute Gasteiger partial charge is 0.458 e. The van der Waals surface area contributed by atoms with Crippen molar-refractivity contribution in [1.82, 2.24) is 0 Å². The zero-order valence-corrected chi connectivity index (χ0v) is 10.4. The van der Waals surface area contributed by atoms with Gasteiger partial charge in [0.15, 0.2) is 6.10 Å². The van der Waals surface area contributed by atoms with Crippen LogP contribution in [0.1, 0.15) is 41.5 Å². The molecule has 1 saturated heterocycles. The van der Waals surface area contributed by atoms with Crippen LogP contribution in [0, 0.1) is 0 Å². The molecule has 3 heteroatoms. The summed E-state index contributed by atoms with van der Waals surface area (Å²) >= 11 is 0. The van der Waals surface area contributed by atoms with E-state index >= 15 is 0 Å². The topological polar surface area (TPSA) is 38.8 Å². The molecule has 2 atom stereocenters. The highest BCUT2D eigenvalue weighted by molar-refractivity contribution is 5.80. The molecule has 0 aromatic rings. The molecular weight excluding hydrogens is 192 g/mol. The average Bonchev–Trinajstić information content (AvgIpc) is 2.55. The van der Waals surface area contributed by atoms with Crippen LogP contribution in [0.4, 0.5) is 0 Å². The molecule has 0 unspecified atom stereocenters. The van der Waals surface area contributed by atoms with E-state index in [1.807, 2.05) is 47.6 Å². The molecule has 0 aromatic carbocycles. The highest BCUT2D eigenvalue weighted by Crippen LogP contribution is 2.39. The van der Waals surface area contributed by atoms with E-state index in [-0.39, 0.29) is 5.97 Å². The van der Waals surface area contributed by atoms with Gasteiger partial charge in [-0.15, -0.1) is 0 Å². The van der Waals surface area contributed by atoms with Gasteiger partial charge in [-0.05, 0) is 41.5 Å². The SMILES string of the molecule is CC(C)=C[C@@]1(C)O[C@@H]1C(=O)OC(C)(C)C. The first-order chi connectivity index (χ1) is 6.64. The van der Waals surface area contributed by atoms with E-state index in [0.29, 0.717) is 0 Å². The molecule has 0 amide bonds. The second-order valence-corrected chi connectivity index (χ2v) is 5.44. The predicted molar refractivity (Wildman–Crippen MR) is 58.6 cm³/mol. The van der Waals surface area contributed by atoms with Crippen LogP contribution in [-0.2, 0) is 14.3 Å². The molecule has 3 nitrogen and oxygen atoms in total. The maximum Gasteiger partial charge on any atom is 0.339 e. The third-order valence-corrected chi connectivity index (χ3v) is 2.03. The lowest BCUT2D eigenvalue weighted by molar-refractivity contribution is -0.156. The van der Waals surface area contributed by atoms with Gasteiger partial charge in [-0.2, -0.15) is 0 Å². The molecule has 1 fully saturated rings. The summed E-state index contributed by atoms with van der Waals surface area (Å²) in [6.07, 6.45) is 1.52. The Kier molecular flexibility index (Phi) is 2.97. The minimum Gasteiger partial charge on any atom is -0.458 e. The minimum atomic E-state index is -0.457. The average molecular weight is 212 g/mol. The Balaban J connectivity index is 2.57. The second kappa shape index (κ2) is 3.63. The molecular formula is C12H20O3. The zero-order valence-electron chi connectivity index (χ0n) is 10.4. The molecule has 1 aliphatic heterocycles. The molecule has 0 aliphatic carbocycles. The van der Waals surface area contributed by atoms with Gasteiger partial charge in [0.25, 0.3) is 0 Å². The molecule has 86 valence electrons. The van der Waals surface area contributed by atoms with Crippen molar-refractivity contribution in [2.75, 3.05) is 0 Å². The summed E-state index contributed by atoms with van der Waals surface area (Å²) in [4.78, 5) is 11.6. The van der Waals surface area contributed by atoms with Crippen LogP contribution in [0.3, 0.4) is 0 Å². The third-order valence-electron chi connectivity index (χ3n) is 2.03. The van der Waals surface area contributed by atoms with Gasteiger partial charge in [-0.3, -0.25) is 0 Å². The van der Waals surface area contributed by atoms with Crippen molar-refractivity contribution in [3.8, 4) is 0 Å². The van der Waals surface area contributed by atoms with E-state index in [4.69, 9.17) is 9.47 Å². The lowest BCUT2D eigenvalue weighted by atomic mass is 10.0. The van der Waals surface area contributed by atoms with Crippen LogP contribution < -0.4 is 0 Å². The molecule has 0 aromatic heterocycles. The van der Waals surface area contributed by atoms with Crippen LogP contribution in [0.25, 0.3) is 0 Å². The van der Waals surface area contributed by atoms with Gasteiger partial charge in [0.1, 0.15) is 11.2 Å². The molecule has 1 aliphatic rings. The number of allylic oxidation sites excluding steroid dienone is 1. The Labute approximate surface area is 91.4 Å². The van der Waals surface area contributed by atoms with Crippen LogP contribution >= 0.6 is 0 Å². The highest BCUT2D eigenvalue weighted by atomic mass is 16.7. The number of carbonyl (C=O) groups excluding carboxylic acids is 1. The van der Waals surface area contributed by atoms with E-state index in [2.05, 4.69) is 0 Å². The summed E-state index contributed by atoms with van der Waals surface area (Å²) in [6.45, 7) is 11.4. The Morgan fingerprint density at radius 2 is 1.93 bits per heavy atom. The predicted octanol–water partition coefficient (Wildman–Crippen LogP) is 2.45. The van der Waals surface area contributed by atoms with E-state index < -0.39 is 17.3 Å². The number of hydrogen-bond acceptors (Lipinski definition) is 3. The smallest absolute Gasteiger partial charge is 0.339 e. The summed E-state index contributed by atoms with van der Waals surface area (Å²) in [7, 11) is 0. The Hall–Kier alpha value is -0.830. The first-order valence-electron chi connectivity index (χ1n) is 5.21. The van der Waals surface area contributed by atoms with Gasteiger partial charge in [-0.25, -0.2) is 4.79 Å². The number of epoxide rings is 1. The summed E-state index contributed by atoms with van der Waals surface area (Å²) in [6, 6.07) is 0. The number of rotatable bonds is 2. The van der Waals surface area contributed by atoms with Gasteiger partial charge >= 0.3 is 5.97 Å². The van der Waals surface area contributed by atoms with E-state index in [1.54, 1.807) is 0 Å². The van der Waals surface area contributed by atoms with Gasteiger partial charge < -0.3 is 9.47 Å². The fraction of sp³-hybridized carbons (Fsp3) is 0.750. The van der Waals surface area contributed by atoms with Crippen molar-refractivity contribution in [3.05, 3.63) is 11.6 Å².